The molecule has 6 heteroatoms. The summed E-state index contributed by atoms with van der Waals surface area (Å²) in [5.74, 6) is 0.532. The minimum atomic E-state index is -0.171. The fourth-order valence-corrected chi connectivity index (χ4v) is 2.66. The minimum absolute atomic E-state index is 0.171. The Bertz CT molecular complexity index is 394. The maximum atomic E-state index is 11.7. The number of hydrogen-bond donors (Lipinski definition) is 2. The van der Waals surface area contributed by atoms with Gasteiger partial charge in [-0.15, -0.1) is 11.3 Å². The van der Waals surface area contributed by atoms with Crippen LogP contribution in [-0.2, 0) is 4.74 Å². The first-order valence-corrected chi connectivity index (χ1v) is 7.03. The molecule has 0 aliphatic carbocycles. The van der Waals surface area contributed by atoms with Crippen molar-refractivity contribution in [1.82, 2.24) is 10.3 Å². The monoisotopic (exact) mass is 269 g/mol. The van der Waals surface area contributed by atoms with Crippen LogP contribution in [0.15, 0.2) is 0 Å². The van der Waals surface area contributed by atoms with Crippen LogP contribution in [0.25, 0.3) is 0 Å². The molecule has 1 aliphatic heterocycles. The van der Waals surface area contributed by atoms with E-state index in [1.165, 1.54) is 11.3 Å². The number of aryl methyl sites for hydroxylation is 2. The SMILES string of the molecule is Cc1nc(NC(=O)NCC2CCOCC2)sc1C. The summed E-state index contributed by atoms with van der Waals surface area (Å²) in [7, 11) is 0. The topological polar surface area (TPSA) is 63.2 Å². The molecule has 1 saturated heterocycles. The number of thiazole rings is 1. The van der Waals surface area contributed by atoms with E-state index in [-0.39, 0.29) is 6.03 Å². The molecule has 1 aromatic heterocycles. The van der Waals surface area contributed by atoms with Gasteiger partial charge in [0.2, 0.25) is 0 Å². The molecule has 18 heavy (non-hydrogen) atoms. The molecule has 2 heterocycles. The van der Waals surface area contributed by atoms with Gasteiger partial charge in [0.05, 0.1) is 5.69 Å². The van der Waals surface area contributed by atoms with Crippen LogP contribution in [0.1, 0.15) is 23.4 Å². The Kier molecular flexibility index (Phi) is 4.54. The van der Waals surface area contributed by atoms with Crippen molar-refractivity contribution < 1.29 is 9.53 Å². The average Bonchev–Trinajstić information content (AvgIpc) is 2.67. The van der Waals surface area contributed by atoms with E-state index in [9.17, 15) is 4.79 Å². The highest BCUT2D eigenvalue weighted by molar-refractivity contribution is 7.15. The lowest BCUT2D eigenvalue weighted by atomic mass is 10.0. The number of aromatic nitrogens is 1. The van der Waals surface area contributed by atoms with Crippen molar-refractivity contribution in [2.75, 3.05) is 25.1 Å². The van der Waals surface area contributed by atoms with Crippen LogP contribution in [0.3, 0.4) is 0 Å². The quantitative estimate of drug-likeness (QED) is 0.885. The van der Waals surface area contributed by atoms with Crippen LogP contribution < -0.4 is 10.6 Å². The maximum Gasteiger partial charge on any atom is 0.321 e. The summed E-state index contributed by atoms with van der Waals surface area (Å²) in [5.41, 5.74) is 0.972. The first-order valence-electron chi connectivity index (χ1n) is 6.22. The second kappa shape index (κ2) is 6.15. The molecule has 0 saturated carbocycles. The number of urea groups is 1. The van der Waals surface area contributed by atoms with Crippen LogP contribution >= 0.6 is 11.3 Å². The van der Waals surface area contributed by atoms with Gasteiger partial charge < -0.3 is 10.1 Å². The number of nitrogens with one attached hydrogen (secondary N) is 2. The first-order chi connectivity index (χ1) is 8.65. The highest BCUT2D eigenvalue weighted by Crippen LogP contribution is 2.20. The van der Waals surface area contributed by atoms with Crippen LogP contribution in [0.4, 0.5) is 9.93 Å². The predicted octanol–water partition coefficient (Wildman–Crippen LogP) is 2.31. The zero-order chi connectivity index (χ0) is 13.0. The molecule has 2 rings (SSSR count). The summed E-state index contributed by atoms with van der Waals surface area (Å²) in [6.45, 7) is 6.26. The number of carbonyl (C=O) groups is 1. The average molecular weight is 269 g/mol. The molecule has 1 aromatic rings. The van der Waals surface area contributed by atoms with Gasteiger partial charge in [-0.25, -0.2) is 9.78 Å². The van der Waals surface area contributed by atoms with Crippen LogP contribution in [0.2, 0.25) is 0 Å². The number of rotatable bonds is 3. The van der Waals surface area contributed by atoms with Gasteiger partial charge in [-0.2, -0.15) is 0 Å². The summed E-state index contributed by atoms with van der Waals surface area (Å²) >= 11 is 1.50. The first kappa shape index (κ1) is 13.3. The van der Waals surface area contributed by atoms with E-state index in [2.05, 4.69) is 15.6 Å². The van der Waals surface area contributed by atoms with Gasteiger partial charge in [0, 0.05) is 24.6 Å². The van der Waals surface area contributed by atoms with Crippen molar-refractivity contribution in [2.24, 2.45) is 5.92 Å². The van der Waals surface area contributed by atoms with Gasteiger partial charge in [0.1, 0.15) is 0 Å². The van der Waals surface area contributed by atoms with Gasteiger partial charge in [0.25, 0.3) is 0 Å². The van der Waals surface area contributed by atoms with E-state index < -0.39 is 0 Å². The third-order valence-corrected chi connectivity index (χ3v) is 4.13. The van der Waals surface area contributed by atoms with E-state index in [1.54, 1.807) is 0 Å². The number of carbonyl (C=O) groups excluding carboxylic acids is 1. The van der Waals surface area contributed by atoms with E-state index >= 15 is 0 Å². The number of hydrogen-bond acceptors (Lipinski definition) is 4. The largest absolute Gasteiger partial charge is 0.381 e. The second-order valence-electron chi connectivity index (χ2n) is 4.55. The highest BCUT2D eigenvalue weighted by Gasteiger charge is 2.15. The maximum absolute atomic E-state index is 11.7. The summed E-state index contributed by atoms with van der Waals surface area (Å²) in [6.07, 6.45) is 2.05. The molecule has 0 radical (unpaired) electrons. The summed E-state index contributed by atoms with van der Waals surface area (Å²) in [4.78, 5) is 17.1. The minimum Gasteiger partial charge on any atom is -0.381 e. The normalized spacial score (nSPS) is 16.6. The Balaban J connectivity index is 1.74. The third kappa shape index (κ3) is 3.68. The van der Waals surface area contributed by atoms with E-state index in [0.717, 1.165) is 36.6 Å². The second-order valence-corrected chi connectivity index (χ2v) is 5.75. The van der Waals surface area contributed by atoms with Crippen LogP contribution in [0, 0.1) is 19.8 Å². The van der Waals surface area contributed by atoms with E-state index in [1.807, 2.05) is 13.8 Å². The Hall–Kier alpha value is -1.14. The zero-order valence-electron chi connectivity index (χ0n) is 10.8. The van der Waals surface area contributed by atoms with Crippen LogP contribution in [0.5, 0.6) is 0 Å². The number of anilines is 1. The molecule has 1 aliphatic rings. The number of nitrogens with zero attached hydrogens (tertiary/aromatic N) is 1. The highest BCUT2D eigenvalue weighted by atomic mass is 32.1. The molecular formula is C12H19N3O2S. The number of amides is 2. The lowest BCUT2D eigenvalue weighted by molar-refractivity contribution is 0.0671. The fraction of sp³-hybridized carbons (Fsp3) is 0.667. The Morgan fingerprint density at radius 1 is 1.44 bits per heavy atom. The van der Waals surface area contributed by atoms with E-state index in [0.29, 0.717) is 17.6 Å². The smallest absolute Gasteiger partial charge is 0.321 e. The van der Waals surface area contributed by atoms with Gasteiger partial charge in [0.15, 0.2) is 5.13 Å². The summed E-state index contributed by atoms with van der Waals surface area (Å²) in [5, 5.41) is 6.32. The van der Waals surface area contributed by atoms with Crippen molar-refractivity contribution >= 4 is 22.5 Å². The van der Waals surface area contributed by atoms with Crippen molar-refractivity contribution in [3.05, 3.63) is 10.6 Å². The molecule has 100 valence electrons. The Labute approximate surface area is 111 Å². The van der Waals surface area contributed by atoms with Gasteiger partial charge in [-0.05, 0) is 32.6 Å². The molecule has 1 fully saturated rings. The Morgan fingerprint density at radius 2 is 2.17 bits per heavy atom. The standard InChI is InChI=1S/C12H19N3O2S/c1-8-9(2)18-12(14-8)15-11(16)13-7-10-3-5-17-6-4-10/h10H,3-7H2,1-2H3,(H2,13,14,15,16). The third-order valence-electron chi connectivity index (χ3n) is 3.14. The molecule has 0 spiro atoms. The lowest BCUT2D eigenvalue weighted by Crippen LogP contribution is -2.35. The van der Waals surface area contributed by atoms with Crippen molar-refractivity contribution in [2.45, 2.75) is 26.7 Å². The molecule has 0 aromatic carbocycles. The van der Waals surface area contributed by atoms with Gasteiger partial charge in [-0.1, -0.05) is 0 Å². The summed E-state index contributed by atoms with van der Waals surface area (Å²) < 4.78 is 5.28. The molecule has 0 unspecified atom stereocenters. The van der Waals surface area contributed by atoms with Crippen molar-refractivity contribution in [3.8, 4) is 0 Å². The van der Waals surface area contributed by atoms with E-state index in [4.69, 9.17) is 4.74 Å². The molecular weight excluding hydrogens is 250 g/mol. The van der Waals surface area contributed by atoms with Crippen LogP contribution in [-0.4, -0.2) is 30.8 Å². The van der Waals surface area contributed by atoms with Gasteiger partial charge in [-0.3, -0.25) is 5.32 Å². The van der Waals surface area contributed by atoms with Crippen molar-refractivity contribution in [3.63, 3.8) is 0 Å². The fourth-order valence-electron chi connectivity index (χ4n) is 1.86. The molecule has 2 N–H and O–H groups in total. The molecule has 0 atom stereocenters. The molecule has 0 bridgehead atoms. The Morgan fingerprint density at radius 3 is 2.78 bits per heavy atom. The summed E-state index contributed by atoms with van der Waals surface area (Å²) in [6, 6.07) is -0.171. The molecule has 2 amide bonds. The lowest BCUT2D eigenvalue weighted by Gasteiger charge is -2.22. The zero-order valence-corrected chi connectivity index (χ0v) is 11.6. The molecule has 5 nitrogen and oxygen atoms in total. The predicted molar refractivity (Wildman–Crippen MR) is 72.2 cm³/mol. The number of ether oxygens (including phenoxy) is 1. The van der Waals surface area contributed by atoms with Crippen molar-refractivity contribution in [1.29, 1.82) is 0 Å². The van der Waals surface area contributed by atoms with Gasteiger partial charge >= 0.3 is 6.03 Å².